The second-order valence-electron chi connectivity index (χ2n) is 8.60. The Kier molecular flexibility index (Phi) is 6.02. The summed E-state index contributed by atoms with van der Waals surface area (Å²) in [5.74, 6) is 1.37. The van der Waals surface area contributed by atoms with Crippen LogP contribution in [0.1, 0.15) is 34.6 Å². The van der Waals surface area contributed by atoms with Crippen molar-refractivity contribution in [3.63, 3.8) is 0 Å². The zero-order valence-electron chi connectivity index (χ0n) is 19.0. The fraction of sp³-hybridized carbons (Fsp3) is 0.360. The van der Waals surface area contributed by atoms with Crippen molar-refractivity contribution in [1.29, 1.82) is 0 Å². The number of nitrogens with one attached hydrogen (secondary N) is 1. The van der Waals surface area contributed by atoms with Gasteiger partial charge in [0, 0.05) is 62.8 Å². The van der Waals surface area contributed by atoms with Gasteiger partial charge in [0.2, 0.25) is 0 Å². The second-order valence-corrected chi connectivity index (χ2v) is 8.60. The van der Waals surface area contributed by atoms with Gasteiger partial charge in [-0.25, -0.2) is 4.98 Å². The molecule has 0 saturated carbocycles. The van der Waals surface area contributed by atoms with E-state index in [9.17, 15) is 9.59 Å². The summed E-state index contributed by atoms with van der Waals surface area (Å²) in [7, 11) is 1.62. The van der Waals surface area contributed by atoms with Crippen LogP contribution < -0.4 is 10.1 Å². The molecule has 0 aliphatic carbocycles. The number of likely N-dealkylation sites (tertiary alicyclic amines) is 1. The van der Waals surface area contributed by atoms with E-state index in [1.807, 2.05) is 39.9 Å². The molecule has 1 aromatic carbocycles. The van der Waals surface area contributed by atoms with Crippen molar-refractivity contribution >= 4 is 11.8 Å². The maximum absolute atomic E-state index is 13.1. The number of hydrogen-bond acceptors (Lipinski definition) is 6. The summed E-state index contributed by atoms with van der Waals surface area (Å²) in [5, 5.41) is 2.99. The van der Waals surface area contributed by atoms with Crippen molar-refractivity contribution < 1.29 is 19.1 Å². The molecule has 34 heavy (non-hydrogen) atoms. The number of carbonyl (C=O) groups excluding carboxylic acids is 2. The second kappa shape index (κ2) is 9.26. The summed E-state index contributed by atoms with van der Waals surface area (Å²) in [6.07, 6.45) is 7.36. The minimum Gasteiger partial charge on any atom is -0.497 e. The molecule has 1 spiro atoms. The van der Waals surface area contributed by atoms with E-state index in [0.717, 1.165) is 17.1 Å². The Morgan fingerprint density at radius 3 is 2.74 bits per heavy atom. The van der Waals surface area contributed by atoms with Gasteiger partial charge in [0.25, 0.3) is 11.8 Å². The average Bonchev–Trinajstić information content (AvgIpc) is 3.38. The number of nitrogens with zero attached hydrogens (tertiary/aromatic N) is 4. The number of rotatable bonds is 5. The van der Waals surface area contributed by atoms with Gasteiger partial charge in [-0.3, -0.25) is 14.6 Å². The zero-order valence-corrected chi connectivity index (χ0v) is 19.0. The summed E-state index contributed by atoms with van der Waals surface area (Å²) in [5.41, 5.74) is 0.866. The fourth-order valence-corrected chi connectivity index (χ4v) is 4.71. The predicted molar refractivity (Wildman–Crippen MR) is 123 cm³/mol. The van der Waals surface area contributed by atoms with Crippen LogP contribution in [-0.2, 0) is 28.2 Å². The van der Waals surface area contributed by atoms with Crippen molar-refractivity contribution in [3.05, 3.63) is 78.1 Å². The first kappa shape index (κ1) is 22.1. The van der Waals surface area contributed by atoms with Crippen molar-refractivity contribution in [2.24, 2.45) is 0 Å². The lowest BCUT2D eigenvalue weighted by molar-refractivity contribution is -0.172. The van der Waals surface area contributed by atoms with Crippen LogP contribution in [0.3, 0.4) is 0 Å². The molecule has 2 aliphatic rings. The Bertz CT molecular complexity index is 1170. The van der Waals surface area contributed by atoms with E-state index in [1.165, 1.54) is 0 Å². The van der Waals surface area contributed by atoms with E-state index in [1.54, 1.807) is 37.8 Å². The first-order valence-electron chi connectivity index (χ1n) is 11.4. The number of hydrogen-bond donors (Lipinski definition) is 1. The van der Waals surface area contributed by atoms with Crippen molar-refractivity contribution in [2.75, 3.05) is 20.2 Å². The van der Waals surface area contributed by atoms with Gasteiger partial charge >= 0.3 is 0 Å². The quantitative estimate of drug-likeness (QED) is 0.625. The molecular formula is C25H27N5O4. The van der Waals surface area contributed by atoms with E-state index in [0.29, 0.717) is 44.6 Å². The molecule has 2 aromatic heterocycles. The van der Waals surface area contributed by atoms with E-state index in [2.05, 4.69) is 15.3 Å². The maximum Gasteiger partial charge on any atom is 0.253 e. The Labute approximate surface area is 197 Å². The molecule has 0 radical (unpaired) electrons. The van der Waals surface area contributed by atoms with E-state index >= 15 is 0 Å². The van der Waals surface area contributed by atoms with Gasteiger partial charge < -0.3 is 24.3 Å². The maximum atomic E-state index is 13.1. The monoisotopic (exact) mass is 461 g/mol. The van der Waals surface area contributed by atoms with Crippen LogP contribution in [-0.4, -0.2) is 57.6 Å². The van der Waals surface area contributed by atoms with Gasteiger partial charge in [0.1, 0.15) is 17.2 Å². The lowest BCUT2D eigenvalue weighted by Crippen LogP contribution is -2.54. The normalized spacial score (nSPS) is 18.9. The molecule has 2 aliphatic heterocycles. The molecule has 1 N–H and O–H groups in total. The number of imidazole rings is 1. The third kappa shape index (κ3) is 4.26. The summed E-state index contributed by atoms with van der Waals surface area (Å²) >= 11 is 0. The molecule has 1 saturated heterocycles. The molecule has 176 valence electrons. The van der Waals surface area contributed by atoms with Crippen LogP contribution in [0.2, 0.25) is 0 Å². The molecule has 3 aromatic rings. The molecular weight excluding hydrogens is 434 g/mol. The fourth-order valence-electron chi connectivity index (χ4n) is 4.71. The molecule has 0 unspecified atom stereocenters. The highest BCUT2D eigenvalue weighted by Gasteiger charge is 2.47. The first-order valence-corrected chi connectivity index (χ1v) is 11.4. The minimum atomic E-state index is -0.700. The van der Waals surface area contributed by atoms with Gasteiger partial charge in [-0.15, -0.1) is 0 Å². The molecule has 1 fully saturated rings. The number of aromatic nitrogens is 3. The Balaban J connectivity index is 1.27. The number of benzene rings is 1. The van der Waals surface area contributed by atoms with Crippen molar-refractivity contribution in [3.8, 4) is 5.75 Å². The average molecular weight is 462 g/mol. The smallest absolute Gasteiger partial charge is 0.253 e. The molecule has 1 atom stereocenters. The third-order valence-electron chi connectivity index (χ3n) is 6.53. The van der Waals surface area contributed by atoms with Crippen LogP contribution in [0.5, 0.6) is 5.75 Å². The van der Waals surface area contributed by atoms with E-state index in [4.69, 9.17) is 9.47 Å². The zero-order chi connectivity index (χ0) is 23.5. The summed E-state index contributed by atoms with van der Waals surface area (Å²) < 4.78 is 13.7. The largest absolute Gasteiger partial charge is 0.497 e. The molecule has 4 heterocycles. The number of carbonyl (C=O) groups is 2. The van der Waals surface area contributed by atoms with Crippen LogP contribution in [0.25, 0.3) is 0 Å². The minimum absolute atomic E-state index is 0.0241. The molecule has 5 rings (SSSR count). The van der Waals surface area contributed by atoms with Crippen LogP contribution in [0.4, 0.5) is 0 Å². The van der Waals surface area contributed by atoms with E-state index < -0.39 is 11.7 Å². The first-order chi connectivity index (χ1) is 16.6. The highest BCUT2D eigenvalue weighted by Crippen LogP contribution is 2.40. The topological polar surface area (TPSA) is 98.6 Å². The Hall–Kier alpha value is -3.72. The van der Waals surface area contributed by atoms with Crippen molar-refractivity contribution in [2.45, 2.75) is 37.6 Å². The lowest BCUT2D eigenvalue weighted by atomic mass is 9.88. The molecule has 9 heteroatoms. The SMILES string of the molecule is COc1cccc(CNC(=O)[C@@H]2Cn3ccnc3C3(CCN(C(=O)c4ccncc4)CC3)O2)c1. The highest BCUT2D eigenvalue weighted by atomic mass is 16.5. The number of fused-ring (bicyclic) bond motifs is 2. The predicted octanol–water partition coefficient (Wildman–Crippen LogP) is 2.13. The third-order valence-corrected chi connectivity index (χ3v) is 6.53. The van der Waals surface area contributed by atoms with E-state index in [-0.39, 0.29) is 11.8 Å². The van der Waals surface area contributed by atoms with Crippen LogP contribution in [0.15, 0.2) is 61.2 Å². The summed E-state index contributed by atoms with van der Waals surface area (Å²) in [6, 6.07) is 11.0. The van der Waals surface area contributed by atoms with Gasteiger partial charge in [0.15, 0.2) is 6.10 Å². The van der Waals surface area contributed by atoms with Crippen LogP contribution >= 0.6 is 0 Å². The summed E-state index contributed by atoms with van der Waals surface area (Å²) in [4.78, 5) is 36.3. The molecule has 9 nitrogen and oxygen atoms in total. The standard InChI is InChI=1S/C25H27N5O4/c1-33-20-4-2-3-18(15-20)16-28-22(31)21-17-30-14-11-27-24(30)25(34-21)7-12-29(13-8-25)23(32)19-5-9-26-10-6-19/h2-6,9-11,14-15,21H,7-8,12-13,16-17H2,1H3,(H,28,31)/t21-/m0/s1. The number of piperidine rings is 1. The highest BCUT2D eigenvalue weighted by molar-refractivity contribution is 5.94. The number of pyridine rings is 1. The Morgan fingerprint density at radius 2 is 1.97 bits per heavy atom. The number of amides is 2. The van der Waals surface area contributed by atoms with Crippen molar-refractivity contribution in [1.82, 2.24) is 24.8 Å². The summed E-state index contributed by atoms with van der Waals surface area (Å²) in [6.45, 7) is 1.83. The van der Waals surface area contributed by atoms with Crippen LogP contribution in [0, 0.1) is 0 Å². The van der Waals surface area contributed by atoms with Gasteiger partial charge in [-0.2, -0.15) is 0 Å². The number of methoxy groups -OCH3 is 1. The van der Waals surface area contributed by atoms with Gasteiger partial charge in [0.05, 0.1) is 13.7 Å². The Morgan fingerprint density at radius 1 is 1.18 bits per heavy atom. The number of ether oxygens (including phenoxy) is 2. The molecule has 0 bridgehead atoms. The molecule has 2 amide bonds. The lowest BCUT2D eigenvalue weighted by Gasteiger charge is -2.45. The van der Waals surface area contributed by atoms with Gasteiger partial charge in [-0.05, 0) is 29.8 Å². The van der Waals surface area contributed by atoms with Gasteiger partial charge in [-0.1, -0.05) is 12.1 Å².